The minimum absolute atomic E-state index is 0.129. The smallest absolute Gasteiger partial charge is 0.236 e. The highest BCUT2D eigenvalue weighted by molar-refractivity contribution is 5.78. The van der Waals surface area contributed by atoms with Gasteiger partial charge in [-0.2, -0.15) is 0 Å². The number of nitrogens with zero attached hydrogens (tertiary/aromatic N) is 1. The molecular formula is C15H24N2O2. The van der Waals surface area contributed by atoms with Crippen LogP contribution in [0.4, 0.5) is 0 Å². The number of ether oxygens (including phenoxy) is 1. The number of nitrogens with one attached hydrogen (secondary N) is 1. The molecule has 4 nitrogen and oxygen atoms in total. The summed E-state index contributed by atoms with van der Waals surface area (Å²) in [5, 5.41) is 3.18. The van der Waals surface area contributed by atoms with E-state index < -0.39 is 0 Å². The molecule has 0 aliphatic heterocycles. The number of rotatable bonds is 7. The number of hydrogen-bond donors (Lipinski definition) is 1. The standard InChI is InChI=1S/C15H24N2O2/c1-12(2)17(3)15(18)11-16-10-9-13-5-7-14(19-4)8-6-13/h5-8,12,16H,9-11H2,1-4H3. The van der Waals surface area contributed by atoms with Crippen molar-refractivity contribution in [2.24, 2.45) is 0 Å². The molecule has 0 saturated heterocycles. The van der Waals surface area contributed by atoms with Crippen molar-refractivity contribution in [2.45, 2.75) is 26.3 Å². The molecule has 0 spiro atoms. The van der Waals surface area contributed by atoms with Crippen molar-refractivity contribution in [3.8, 4) is 5.75 Å². The van der Waals surface area contributed by atoms with Crippen LogP contribution >= 0.6 is 0 Å². The topological polar surface area (TPSA) is 41.6 Å². The lowest BCUT2D eigenvalue weighted by Gasteiger charge is -2.21. The van der Waals surface area contributed by atoms with Crippen molar-refractivity contribution in [2.75, 3.05) is 27.2 Å². The van der Waals surface area contributed by atoms with Gasteiger partial charge < -0.3 is 15.0 Å². The summed E-state index contributed by atoms with van der Waals surface area (Å²) in [4.78, 5) is 13.5. The molecule has 1 aromatic rings. The monoisotopic (exact) mass is 264 g/mol. The number of amides is 1. The summed E-state index contributed by atoms with van der Waals surface area (Å²) in [7, 11) is 3.49. The van der Waals surface area contributed by atoms with Gasteiger partial charge in [-0.25, -0.2) is 0 Å². The summed E-state index contributed by atoms with van der Waals surface area (Å²) < 4.78 is 5.11. The molecule has 4 heteroatoms. The highest BCUT2D eigenvalue weighted by atomic mass is 16.5. The quantitative estimate of drug-likeness (QED) is 0.762. The van der Waals surface area contributed by atoms with Crippen LogP contribution in [0.2, 0.25) is 0 Å². The first-order valence-electron chi connectivity index (χ1n) is 6.64. The third kappa shape index (κ3) is 5.30. The lowest BCUT2D eigenvalue weighted by molar-refractivity contribution is -0.130. The Morgan fingerprint density at radius 2 is 1.95 bits per heavy atom. The number of hydrogen-bond acceptors (Lipinski definition) is 3. The fraction of sp³-hybridized carbons (Fsp3) is 0.533. The van der Waals surface area contributed by atoms with Gasteiger partial charge in [-0.05, 0) is 44.5 Å². The van der Waals surface area contributed by atoms with Crippen molar-refractivity contribution >= 4 is 5.91 Å². The number of carbonyl (C=O) groups is 1. The van der Waals surface area contributed by atoms with Gasteiger partial charge in [0.2, 0.25) is 5.91 Å². The van der Waals surface area contributed by atoms with Gasteiger partial charge >= 0.3 is 0 Å². The molecule has 19 heavy (non-hydrogen) atoms. The fourth-order valence-corrected chi connectivity index (χ4v) is 1.63. The molecule has 0 radical (unpaired) electrons. The maximum absolute atomic E-state index is 11.7. The Bertz CT molecular complexity index is 388. The van der Waals surface area contributed by atoms with Crippen molar-refractivity contribution in [3.63, 3.8) is 0 Å². The van der Waals surface area contributed by atoms with Crippen LogP contribution in [0.5, 0.6) is 5.75 Å². The molecule has 0 aliphatic rings. The van der Waals surface area contributed by atoms with E-state index >= 15 is 0 Å². The van der Waals surface area contributed by atoms with E-state index in [-0.39, 0.29) is 11.9 Å². The number of carbonyl (C=O) groups excluding carboxylic acids is 1. The van der Waals surface area contributed by atoms with E-state index in [4.69, 9.17) is 4.74 Å². The van der Waals surface area contributed by atoms with Gasteiger partial charge in [0, 0.05) is 13.1 Å². The first kappa shape index (κ1) is 15.5. The zero-order valence-electron chi connectivity index (χ0n) is 12.3. The highest BCUT2D eigenvalue weighted by Gasteiger charge is 2.10. The Labute approximate surface area is 115 Å². The van der Waals surface area contributed by atoms with E-state index in [1.54, 1.807) is 12.0 Å². The zero-order valence-corrected chi connectivity index (χ0v) is 12.3. The molecule has 0 bridgehead atoms. The summed E-state index contributed by atoms with van der Waals surface area (Å²) >= 11 is 0. The number of methoxy groups -OCH3 is 1. The molecule has 0 fully saturated rings. The first-order chi connectivity index (χ1) is 9.04. The van der Waals surface area contributed by atoms with E-state index in [0.717, 1.165) is 18.7 Å². The molecule has 0 unspecified atom stereocenters. The Morgan fingerprint density at radius 1 is 1.32 bits per heavy atom. The van der Waals surface area contributed by atoms with Gasteiger partial charge in [-0.15, -0.1) is 0 Å². The second kappa shape index (κ2) is 7.79. The fourth-order valence-electron chi connectivity index (χ4n) is 1.63. The van der Waals surface area contributed by atoms with Gasteiger partial charge in [0.1, 0.15) is 5.75 Å². The third-order valence-corrected chi connectivity index (χ3v) is 3.19. The van der Waals surface area contributed by atoms with Gasteiger partial charge in [-0.3, -0.25) is 4.79 Å². The predicted molar refractivity (Wildman–Crippen MR) is 77.5 cm³/mol. The SMILES string of the molecule is COc1ccc(CCNCC(=O)N(C)C(C)C)cc1. The Morgan fingerprint density at radius 3 is 2.47 bits per heavy atom. The van der Waals surface area contributed by atoms with Crippen LogP contribution in [-0.2, 0) is 11.2 Å². The lowest BCUT2D eigenvalue weighted by Crippen LogP contribution is -2.39. The minimum atomic E-state index is 0.129. The van der Waals surface area contributed by atoms with E-state index in [9.17, 15) is 4.79 Å². The van der Waals surface area contributed by atoms with Crippen LogP contribution < -0.4 is 10.1 Å². The van der Waals surface area contributed by atoms with Gasteiger partial charge in [0.25, 0.3) is 0 Å². The molecule has 1 amide bonds. The van der Waals surface area contributed by atoms with E-state index in [2.05, 4.69) is 5.32 Å². The third-order valence-electron chi connectivity index (χ3n) is 3.19. The molecule has 1 aromatic carbocycles. The van der Waals surface area contributed by atoms with Crippen LogP contribution in [0, 0.1) is 0 Å². The van der Waals surface area contributed by atoms with Crippen LogP contribution in [-0.4, -0.2) is 44.1 Å². The summed E-state index contributed by atoms with van der Waals surface area (Å²) in [6.45, 7) is 5.21. The van der Waals surface area contributed by atoms with Crippen LogP contribution in [0.3, 0.4) is 0 Å². The average molecular weight is 264 g/mol. The summed E-state index contributed by atoms with van der Waals surface area (Å²) in [6.07, 6.45) is 0.905. The molecule has 1 rings (SSSR count). The van der Waals surface area contributed by atoms with Crippen molar-refractivity contribution in [3.05, 3.63) is 29.8 Å². The molecule has 1 N–H and O–H groups in total. The molecule has 0 saturated carbocycles. The second-order valence-electron chi connectivity index (χ2n) is 4.87. The number of benzene rings is 1. The Balaban J connectivity index is 2.25. The molecule has 0 aromatic heterocycles. The summed E-state index contributed by atoms with van der Waals surface area (Å²) in [5.74, 6) is 0.996. The molecule has 0 aliphatic carbocycles. The average Bonchev–Trinajstić information content (AvgIpc) is 2.43. The first-order valence-corrected chi connectivity index (χ1v) is 6.64. The van der Waals surface area contributed by atoms with Gasteiger partial charge in [0.15, 0.2) is 0 Å². The second-order valence-corrected chi connectivity index (χ2v) is 4.87. The predicted octanol–water partition coefficient (Wildman–Crippen LogP) is 1.69. The molecule has 0 heterocycles. The van der Waals surface area contributed by atoms with Crippen molar-refractivity contribution < 1.29 is 9.53 Å². The number of likely N-dealkylation sites (N-methyl/N-ethyl adjacent to an activating group) is 1. The van der Waals surface area contributed by atoms with Crippen LogP contribution in [0.15, 0.2) is 24.3 Å². The lowest BCUT2D eigenvalue weighted by atomic mass is 10.1. The molecule has 106 valence electrons. The Hall–Kier alpha value is -1.55. The van der Waals surface area contributed by atoms with E-state index in [1.165, 1.54) is 5.56 Å². The van der Waals surface area contributed by atoms with Crippen molar-refractivity contribution in [1.82, 2.24) is 10.2 Å². The maximum atomic E-state index is 11.7. The largest absolute Gasteiger partial charge is 0.497 e. The van der Waals surface area contributed by atoms with Crippen molar-refractivity contribution in [1.29, 1.82) is 0 Å². The van der Waals surface area contributed by atoms with E-state index in [0.29, 0.717) is 6.54 Å². The van der Waals surface area contributed by atoms with Crippen LogP contribution in [0.25, 0.3) is 0 Å². The van der Waals surface area contributed by atoms with Gasteiger partial charge in [-0.1, -0.05) is 12.1 Å². The van der Waals surface area contributed by atoms with Gasteiger partial charge in [0.05, 0.1) is 13.7 Å². The van der Waals surface area contributed by atoms with E-state index in [1.807, 2.05) is 45.2 Å². The summed E-state index contributed by atoms with van der Waals surface area (Å²) in [6, 6.07) is 8.24. The normalized spacial score (nSPS) is 10.6. The van der Waals surface area contributed by atoms with Crippen LogP contribution in [0.1, 0.15) is 19.4 Å². The summed E-state index contributed by atoms with van der Waals surface area (Å²) in [5.41, 5.74) is 1.23. The Kier molecular flexibility index (Phi) is 6.36. The highest BCUT2D eigenvalue weighted by Crippen LogP contribution is 2.11. The molecule has 0 atom stereocenters. The molecular weight excluding hydrogens is 240 g/mol. The maximum Gasteiger partial charge on any atom is 0.236 e. The zero-order chi connectivity index (χ0) is 14.3. The minimum Gasteiger partial charge on any atom is -0.497 e.